The van der Waals surface area contributed by atoms with Crippen LogP contribution < -0.4 is 14.8 Å². The second kappa shape index (κ2) is 6.31. The molecule has 0 spiro atoms. The smallest absolute Gasteiger partial charge is 0.331 e. The molecule has 0 unspecified atom stereocenters. The molecule has 0 aromatic heterocycles. The van der Waals surface area contributed by atoms with Crippen molar-refractivity contribution >= 4 is 11.7 Å². The van der Waals surface area contributed by atoms with Crippen LogP contribution >= 0.6 is 0 Å². The first-order chi connectivity index (χ1) is 8.94. The lowest BCUT2D eigenvalue weighted by Gasteiger charge is -2.25. The lowest BCUT2D eigenvalue weighted by Crippen LogP contribution is -2.41. The van der Waals surface area contributed by atoms with Crippen LogP contribution in [0.2, 0.25) is 0 Å². The molecule has 0 aliphatic carbocycles. The molecule has 0 fully saturated rings. The summed E-state index contributed by atoms with van der Waals surface area (Å²) in [5, 5.41) is 3.12. The maximum atomic E-state index is 11.8. The second-order valence-corrected chi connectivity index (χ2v) is 4.54. The van der Waals surface area contributed by atoms with Crippen LogP contribution in [0.3, 0.4) is 0 Å². The van der Waals surface area contributed by atoms with Crippen molar-refractivity contribution < 1.29 is 19.0 Å². The highest BCUT2D eigenvalue weighted by molar-refractivity contribution is 5.83. The van der Waals surface area contributed by atoms with Gasteiger partial charge in [0, 0.05) is 11.8 Å². The Morgan fingerprint density at radius 1 is 1.21 bits per heavy atom. The molecule has 1 N–H and O–H groups in total. The molecule has 0 aliphatic rings. The van der Waals surface area contributed by atoms with E-state index in [2.05, 4.69) is 5.32 Å². The van der Waals surface area contributed by atoms with E-state index in [4.69, 9.17) is 14.2 Å². The number of hydrogen-bond acceptors (Lipinski definition) is 5. The van der Waals surface area contributed by atoms with Crippen LogP contribution in [-0.4, -0.2) is 32.3 Å². The Morgan fingerprint density at radius 2 is 1.84 bits per heavy atom. The van der Waals surface area contributed by atoms with Crippen molar-refractivity contribution in [1.82, 2.24) is 0 Å². The molecule has 5 nitrogen and oxygen atoms in total. The van der Waals surface area contributed by atoms with Crippen LogP contribution in [-0.2, 0) is 9.53 Å². The normalized spacial score (nSPS) is 10.8. The summed E-state index contributed by atoms with van der Waals surface area (Å²) in [6.07, 6.45) is 0. The molecule has 0 radical (unpaired) electrons. The lowest BCUT2D eigenvalue weighted by atomic mass is 10.1. The molecule has 1 aromatic rings. The maximum Gasteiger partial charge on any atom is 0.331 e. The number of rotatable bonds is 6. The van der Waals surface area contributed by atoms with Crippen LogP contribution in [0.25, 0.3) is 0 Å². The van der Waals surface area contributed by atoms with Crippen molar-refractivity contribution in [2.24, 2.45) is 0 Å². The van der Waals surface area contributed by atoms with Crippen molar-refractivity contribution in [2.45, 2.75) is 26.3 Å². The lowest BCUT2D eigenvalue weighted by molar-refractivity contribution is -0.147. The molecule has 106 valence electrons. The van der Waals surface area contributed by atoms with Crippen LogP contribution in [0.5, 0.6) is 11.5 Å². The number of anilines is 1. The van der Waals surface area contributed by atoms with E-state index in [-0.39, 0.29) is 5.97 Å². The molecule has 0 atom stereocenters. The molecule has 5 heteroatoms. The van der Waals surface area contributed by atoms with Crippen molar-refractivity contribution in [1.29, 1.82) is 0 Å². The predicted octanol–water partition coefficient (Wildman–Crippen LogP) is 2.46. The Morgan fingerprint density at radius 3 is 2.37 bits per heavy atom. The van der Waals surface area contributed by atoms with Gasteiger partial charge in [-0.1, -0.05) is 0 Å². The van der Waals surface area contributed by atoms with Crippen LogP contribution in [0.1, 0.15) is 20.8 Å². The van der Waals surface area contributed by atoms with Gasteiger partial charge < -0.3 is 19.5 Å². The average Bonchev–Trinajstić information content (AvgIpc) is 2.38. The zero-order valence-electron chi connectivity index (χ0n) is 12.1. The molecule has 0 saturated carbocycles. The van der Waals surface area contributed by atoms with Crippen molar-refractivity contribution in [3.63, 3.8) is 0 Å². The van der Waals surface area contributed by atoms with Gasteiger partial charge in [0.25, 0.3) is 0 Å². The van der Waals surface area contributed by atoms with Gasteiger partial charge in [0.05, 0.1) is 20.8 Å². The van der Waals surface area contributed by atoms with Crippen molar-refractivity contribution in [3.05, 3.63) is 18.2 Å². The van der Waals surface area contributed by atoms with Crippen molar-refractivity contribution in [2.75, 3.05) is 26.1 Å². The van der Waals surface area contributed by atoms with Gasteiger partial charge in [0.2, 0.25) is 0 Å². The molecule has 0 bridgehead atoms. The molecular formula is C14H21NO4. The number of methoxy groups -OCH3 is 2. The van der Waals surface area contributed by atoms with E-state index >= 15 is 0 Å². The van der Waals surface area contributed by atoms with Gasteiger partial charge in [-0.2, -0.15) is 0 Å². The van der Waals surface area contributed by atoms with E-state index in [9.17, 15) is 4.79 Å². The van der Waals surface area contributed by atoms with E-state index in [0.29, 0.717) is 18.1 Å². The summed E-state index contributed by atoms with van der Waals surface area (Å²) in [6.45, 7) is 5.67. The summed E-state index contributed by atoms with van der Waals surface area (Å²) in [6, 6.07) is 5.38. The summed E-state index contributed by atoms with van der Waals surface area (Å²) in [7, 11) is 3.14. The molecule has 19 heavy (non-hydrogen) atoms. The second-order valence-electron chi connectivity index (χ2n) is 4.54. The fraction of sp³-hybridized carbons (Fsp3) is 0.500. The SMILES string of the molecule is CCOC(=O)C(C)(C)Nc1ccc(OC)c(OC)c1. The van der Waals surface area contributed by atoms with Crippen LogP contribution in [0.15, 0.2) is 18.2 Å². The highest BCUT2D eigenvalue weighted by Crippen LogP contribution is 2.31. The van der Waals surface area contributed by atoms with Gasteiger partial charge >= 0.3 is 5.97 Å². The number of ether oxygens (including phenoxy) is 3. The van der Waals surface area contributed by atoms with Gasteiger partial charge in [-0.25, -0.2) is 4.79 Å². The zero-order valence-corrected chi connectivity index (χ0v) is 12.1. The first-order valence-electron chi connectivity index (χ1n) is 6.12. The van der Waals surface area contributed by atoms with Gasteiger partial charge in [-0.3, -0.25) is 0 Å². The average molecular weight is 267 g/mol. The number of carbonyl (C=O) groups is 1. The fourth-order valence-electron chi connectivity index (χ4n) is 1.64. The first kappa shape index (κ1) is 15.1. The van der Waals surface area contributed by atoms with Gasteiger partial charge in [-0.15, -0.1) is 0 Å². The molecule has 0 aliphatic heterocycles. The molecule has 0 heterocycles. The standard InChI is InChI=1S/C14H21NO4/c1-6-19-13(16)14(2,3)15-10-7-8-11(17-4)12(9-10)18-5/h7-9,15H,6H2,1-5H3. The Kier molecular flexibility index (Phi) is 5.03. The van der Waals surface area contributed by atoms with Gasteiger partial charge in [-0.05, 0) is 32.9 Å². The largest absolute Gasteiger partial charge is 0.493 e. The number of hydrogen-bond donors (Lipinski definition) is 1. The molecule has 1 rings (SSSR count). The summed E-state index contributed by atoms with van der Waals surface area (Å²) in [5.41, 5.74) is -0.0500. The first-order valence-corrected chi connectivity index (χ1v) is 6.12. The summed E-state index contributed by atoms with van der Waals surface area (Å²) in [4.78, 5) is 11.8. The van der Waals surface area contributed by atoms with E-state index in [1.54, 1.807) is 47.1 Å². The van der Waals surface area contributed by atoms with Crippen LogP contribution in [0, 0.1) is 0 Å². The minimum Gasteiger partial charge on any atom is -0.493 e. The Balaban J connectivity index is 2.90. The van der Waals surface area contributed by atoms with E-state index in [1.165, 1.54) is 0 Å². The van der Waals surface area contributed by atoms with E-state index in [0.717, 1.165) is 5.69 Å². The van der Waals surface area contributed by atoms with E-state index < -0.39 is 5.54 Å². The monoisotopic (exact) mass is 267 g/mol. The number of esters is 1. The highest BCUT2D eigenvalue weighted by Gasteiger charge is 2.29. The van der Waals surface area contributed by atoms with Gasteiger partial charge in [0.15, 0.2) is 11.5 Å². The molecule has 0 amide bonds. The number of nitrogens with one attached hydrogen (secondary N) is 1. The summed E-state index contributed by atoms with van der Waals surface area (Å²) in [5.74, 6) is 0.943. The van der Waals surface area contributed by atoms with Crippen LogP contribution in [0.4, 0.5) is 5.69 Å². The molecule has 1 aromatic carbocycles. The Bertz CT molecular complexity index is 443. The number of carbonyl (C=O) groups excluding carboxylic acids is 1. The Labute approximate surface area is 113 Å². The van der Waals surface area contributed by atoms with Gasteiger partial charge in [0.1, 0.15) is 5.54 Å². The molecular weight excluding hydrogens is 246 g/mol. The quantitative estimate of drug-likeness (QED) is 0.802. The maximum absolute atomic E-state index is 11.8. The zero-order chi connectivity index (χ0) is 14.5. The Hall–Kier alpha value is -1.91. The third-order valence-corrected chi connectivity index (χ3v) is 2.63. The topological polar surface area (TPSA) is 56.8 Å². The fourth-order valence-corrected chi connectivity index (χ4v) is 1.64. The molecule has 0 saturated heterocycles. The third kappa shape index (κ3) is 3.77. The summed E-state index contributed by atoms with van der Waals surface area (Å²) >= 11 is 0. The van der Waals surface area contributed by atoms with E-state index in [1.807, 2.05) is 6.07 Å². The minimum atomic E-state index is -0.810. The summed E-state index contributed by atoms with van der Waals surface area (Å²) < 4.78 is 15.4. The highest BCUT2D eigenvalue weighted by atomic mass is 16.5. The predicted molar refractivity (Wildman–Crippen MR) is 73.9 cm³/mol. The third-order valence-electron chi connectivity index (χ3n) is 2.63. The number of benzene rings is 1. The minimum absolute atomic E-state index is 0.301. The van der Waals surface area contributed by atoms with Crippen molar-refractivity contribution in [3.8, 4) is 11.5 Å².